The van der Waals surface area contributed by atoms with Gasteiger partial charge in [-0.15, -0.1) is 0 Å². The molecule has 0 aliphatic heterocycles. The fourth-order valence-electron chi connectivity index (χ4n) is 1.40. The molecule has 2 rings (SSSR count). The Bertz CT molecular complexity index is 663. The zero-order valence-electron chi connectivity index (χ0n) is 9.54. The van der Waals surface area contributed by atoms with Crippen LogP contribution >= 0.6 is 0 Å². The second-order valence-corrected chi connectivity index (χ2v) is 5.31. The summed E-state index contributed by atoms with van der Waals surface area (Å²) >= 11 is 0. The standard InChI is InChI=1S/C11H11N3O3S/c1-8(15)9-3-2-4-10(7-9)14-18(16,17)11-5-6-12-13-11/h2-7,14H,1H3,(H,12,13). The van der Waals surface area contributed by atoms with E-state index >= 15 is 0 Å². The maximum Gasteiger partial charge on any atom is 0.278 e. The Morgan fingerprint density at radius 3 is 2.72 bits per heavy atom. The normalized spacial score (nSPS) is 11.2. The van der Waals surface area contributed by atoms with Gasteiger partial charge in [0.15, 0.2) is 10.8 Å². The monoisotopic (exact) mass is 265 g/mol. The first-order valence-electron chi connectivity index (χ1n) is 5.12. The van der Waals surface area contributed by atoms with Crippen molar-refractivity contribution >= 4 is 21.5 Å². The zero-order chi connectivity index (χ0) is 13.2. The molecule has 0 unspecified atom stereocenters. The Labute approximate surface area is 104 Å². The molecule has 0 atom stereocenters. The number of H-pyrrole nitrogens is 1. The summed E-state index contributed by atoms with van der Waals surface area (Å²) in [5.74, 6) is -0.127. The molecule has 0 bridgehead atoms. The van der Waals surface area contributed by atoms with E-state index in [0.717, 1.165) is 0 Å². The van der Waals surface area contributed by atoms with Crippen molar-refractivity contribution in [2.75, 3.05) is 4.72 Å². The summed E-state index contributed by atoms with van der Waals surface area (Å²) in [5.41, 5.74) is 0.775. The molecular weight excluding hydrogens is 254 g/mol. The maximum atomic E-state index is 11.9. The van der Waals surface area contributed by atoms with Crippen LogP contribution in [0.3, 0.4) is 0 Å². The Balaban J connectivity index is 2.30. The molecule has 0 saturated carbocycles. The van der Waals surface area contributed by atoms with Crippen LogP contribution in [0.4, 0.5) is 5.69 Å². The quantitative estimate of drug-likeness (QED) is 0.817. The predicted octanol–water partition coefficient (Wildman–Crippen LogP) is 1.41. The fraction of sp³-hybridized carbons (Fsp3) is 0.0909. The Morgan fingerprint density at radius 1 is 1.33 bits per heavy atom. The van der Waals surface area contributed by atoms with E-state index in [4.69, 9.17) is 0 Å². The molecule has 94 valence electrons. The molecule has 6 nitrogen and oxygen atoms in total. The van der Waals surface area contributed by atoms with Crippen molar-refractivity contribution in [2.24, 2.45) is 0 Å². The lowest BCUT2D eigenvalue weighted by molar-refractivity contribution is 0.101. The molecule has 0 aliphatic rings. The van der Waals surface area contributed by atoms with E-state index in [1.165, 1.54) is 25.3 Å². The minimum atomic E-state index is -3.69. The number of aromatic amines is 1. The lowest BCUT2D eigenvalue weighted by atomic mass is 10.1. The molecule has 2 aromatic rings. The number of hydrogen-bond acceptors (Lipinski definition) is 4. The van der Waals surface area contributed by atoms with Gasteiger partial charge in [0.05, 0.1) is 6.20 Å². The van der Waals surface area contributed by atoms with Crippen molar-refractivity contribution in [3.8, 4) is 0 Å². The maximum absolute atomic E-state index is 11.9. The summed E-state index contributed by atoms with van der Waals surface area (Å²) in [5, 5.41) is 5.91. The number of carbonyl (C=O) groups excluding carboxylic acids is 1. The Morgan fingerprint density at radius 2 is 2.11 bits per heavy atom. The van der Waals surface area contributed by atoms with Gasteiger partial charge in [-0.05, 0) is 25.1 Å². The van der Waals surface area contributed by atoms with Crippen LogP contribution in [-0.4, -0.2) is 24.4 Å². The van der Waals surface area contributed by atoms with Crippen LogP contribution in [-0.2, 0) is 10.0 Å². The summed E-state index contributed by atoms with van der Waals surface area (Å²) < 4.78 is 26.1. The summed E-state index contributed by atoms with van der Waals surface area (Å²) in [6.07, 6.45) is 1.35. The van der Waals surface area contributed by atoms with E-state index in [0.29, 0.717) is 11.3 Å². The van der Waals surface area contributed by atoms with Crippen molar-refractivity contribution in [1.82, 2.24) is 10.2 Å². The molecule has 0 spiro atoms. The highest BCUT2D eigenvalue weighted by Crippen LogP contribution is 2.15. The average Bonchev–Trinajstić information content (AvgIpc) is 2.82. The Kier molecular flexibility index (Phi) is 3.15. The SMILES string of the molecule is CC(=O)c1cccc(NS(=O)(=O)c2ccn[nH]2)c1. The number of benzene rings is 1. The molecule has 0 amide bonds. The van der Waals surface area contributed by atoms with Gasteiger partial charge in [0, 0.05) is 11.3 Å². The van der Waals surface area contributed by atoms with E-state index in [1.54, 1.807) is 18.2 Å². The zero-order valence-corrected chi connectivity index (χ0v) is 10.4. The first kappa shape index (κ1) is 12.3. The van der Waals surface area contributed by atoms with Gasteiger partial charge < -0.3 is 0 Å². The van der Waals surface area contributed by atoms with Crippen LogP contribution in [0.2, 0.25) is 0 Å². The number of ketones is 1. The first-order chi connectivity index (χ1) is 8.49. The molecule has 2 N–H and O–H groups in total. The number of anilines is 1. The van der Waals surface area contributed by atoms with Gasteiger partial charge in [-0.1, -0.05) is 12.1 Å². The molecule has 1 aromatic heterocycles. The molecule has 0 aliphatic carbocycles. The summed E-state index contributed by atoms with van der Waals surface area (Å²) in [6.45, 7) is 1.42. The smallest absolute Gasteiger partial charge is 0.278 e. The van der Waals surface area contributed by atoms with Gasteiger partial charge >= 0.3 is 0 Å². The molecule has 0 fully saturated rings. The van der Waals surface area contributed by atoms with Crippen molar-refractivity contribution in [2.45, 2.75) is 11.9 Å². The van der Waals surface area contributed by atoms with Crippen LogP contribution in [0.25, 0.3) is 0 Å². The van der Waals surface area contributed by atoms with Crippen molar-refractivity contribution < 1.29 is 13.2 Å². The van der Waals surface area contributed by atoms with E-state index in [2.05, 4.69) is 14.9 Å². The fourth-order valence-corrected chi connectivity index (χ4v) is 2.36. The molecular formula is C11H11N3O3S. The number of aromatic nitrogens is 2. The Hall–Kier alpha value is -2.15. The number of nitrogens with one attached hydrogen (secondary N) is 2. The number of hydrogen-bond donors (Lipinski definition) is 2. The van der Waals surface area contributed by atoms with Gasteiger partial charge in [-0.3, -0.25) is 14.6 Å². The minimum absolute atomic E-state index is 0.0317. The summed E-state index contributed by atoms with van der Waals surface area (Å²) in [6, 6.07) is 7.63. The van der Waals surface area contributed by atoms with E-state index in [9.17, 15) is 13.2 Å². The summed E-state index contributed by atoms with van der Waals surface area (Å²) in [4.78, 5) is 11.2. The molecule has 0 saturated heterocycles. The van der Waals surface area contributed by atoms with Crippen LogP contribution < -0.4 is 4.72 Å². The van der Waals surface area contributed by atoms with E-state index in [-0.39, 0.29) is 10.8 Å². The largest absolute Gasteiger partial charge is 0.295 e. The number of rotatable bonds is 4. The molecule has 0 radical (unpaired) electrons. The lowest BCUT2D eigenvalue weighted by Crippen LogP contribution is -2.13. The van der Waals surface area contributed by atoms with E-state index in [1.807, 2.05) is 0 Å². The van der Waals surface area contributed by atoms with Crippen LogP contribution in [0, 0.1) is 0 Å². The highest BCUT2D eigenvalue weighted by Gasteiger charge is 2.15. The molecule has 1 aromatic carbocycles. The second kappa shape index (κ2) is 4.61. The van der Waals surface area contributed by atoms with Gasteiger partial charge in [0.2, 0.25) is 0 Å². The van der Waals surface area contributed by atoms with Gasteiger partial charge in [0.25, 0.3) is 10.0 Å². The van der Waals surface area contributed by atoms with Crippen molar-refractivity contribution in [3.05, 3.63) is 42.1 Å². The summed E-state index contributed by atoms with van der Waals surface area (Å²) in [7, 11) is -3.69. The third-order valence-electron chi connectivity index (χ3n) is 2.29. The average molecular weight is 265 g/mol. The van der Waals surface area contributed by atoms with Crippen LogP contribution in [0.5, 0.6) is 0 Å². The highest BCUT2D eigenvalue weighted by molar-refractivity contribution is 7.92. The van der Waals surface area contributed by atoms with Gasteiger partial charge in [-0.2, -0.15) is 13.5 Å². The third-order valence-corrected chi connectivity index (χ3v) is 3.60. The topological polar surface area (TPSA) is 91.9 Å². The third kappa shape index (κ3) is 2.57. The number of nitrogens with zero attached hydrogens (tertiary/aromatic N) is 1. The second-order valence-electron chi connectivity index (χ2n) is 3.66. The first-order valence-corrected chi connectivity index (χ1v) is 6.60. The number of Topliss-reactive ketones (excluding diaryl/α,β-unsaturated/α-hetero) is 1. The predicted molar refractivity (Wildman–Crippen MR) is 65.8 cm³/mol. The minimum Gasteiger partial charge on any atom is -0.295 e. The molecule has 1 heterocycles. The molecule has 18 heavy (non-hydrogen) atoms. The van der Waals surface area contributed by atoms with Crippen molar-refractivity contribution in [3.63, 3.8) is 0 Å². The molecule has 7 heteroatoms. The van der Waals surface area contributed by atoms with Crippen LogP contribution in [0.1, 0.15) is 17.3 Å². The number of carbonyl (C=O) groups is 1. The van der Waals surface area contributed by atoms with Gasteiger partial charge in [-0.25, -0.2) is 0 Å². The number of sulfonamides is 1. The van der Waals surface area contributed by atoms with Crippen molar-refractivity contribution in [1.29, 1.82) is 0 Å². The van der Waals surface area contributed by atoms with E-state index < -0.39 is 10.0 Å². The van der Waals surface area contributed by atoms with Gasteiger partial charge in [0.1, 0.15) is 0 Å². The highest BCUT2D eigenvalue weighted by atomic mass is 32.2. The lowest BCUT2D eigenvalue weighted by Gasteiger charge is -2.06. The van der Waals surface area contributed by atoms with Crippen LogP contribution in [0.15, 0.2) is 41.6 Å².